The fourth-order valence-corrected chi connectivity index (χ4v) is 2.04. The van der Waals surface area contributed by atoms with Crippen molar-refractivity contribution in [2.45, 2.75) is 13.0 Å². The van der Waals surface area contributed by atoms with Crippen LogP contribution in [0.15, 0.2) is 42.5 Å². The molecule has 0 aliphatic carbocycles. The summed E-state index contributed by atoms with van der Waals surface area (Å²) in [6.45, 7) is 0.383. The molecule has 5 heteroatoms. The number of nitrogens with one attached hydrogen (secondary N) is 1. The van der Waals surface area contributed by atoms with Gasteiger partial charge in [0, 0.05) is 12.6 Å². The standard InChI is InChI=1S/C16H18N2O3/c1-21-13-6-7-15(19)14(9-13)18-16(20)8-11-4-2-3-5-12(11)10-17/h2-7,9,19H,8,10,17H2,1H3,(H,18,20). The number of hydrogen-bond donors (Lipinski definition) is 3. The Morgan fingerprint density at radius 1 is 1.24 bits per heavy atom. The molecule has 0 spiro atoms. The lowest BCUT2D eigenvalue weighted by molar-refractivity contribution is -0.115. The van der Waals surface area contributed by atoms with E-state index < -0.39 is 0 Å². The highest BCUT2D eigenvalue weighted by atomic mass is 16.5. The van der Waals surface area contributed by atoms with Crippen molar-refractivity contribution in [2.24, 2.45) is 5.73 Å². The second-order valence-electron chi connectivity index (χ2n) is 4.58. The first-order chi connectivity index (χ1) is 10.1. The summed E-state index contributed by atoms with van der Waals surface area (Å²) in [6.07, 6.45) is 0.198. The zero-order valence-electron chi connectivity index (χ0n) is 11.8. The van der Waals surface area contributed by atoms with E-state index in [1.807, 2.05) is 24.3 Å². The fourth-order valence-electron chi connectivity index (χ4n) is 2.04. The number of nitrogens with two attached hydrogens (primary N) is 1. The molecule has 0 unspecified atom stereocenters. The summed E-state index contributed by atoms with van der Waals surface area (Å²) in [4.78, 5) is 12.1. The van der Waals surface area contributed by atoms with Crippen LogP contribution >= 0.6 is 0 Å². The topological polar surface area (TPSA) is 84.6 Å². The number of phenolic OH excluding ortho intramolecular Hbond substituents is 1. The molecule has 0 aromatic heterocycles. The molecule has 0 fully saturated rings. The largest absolute Gasteiger partial charge is 0.506 e. The minimum Gasteiger partial charge on any atom is -0.506 e. The Hall–Kier alpha value is -2.53. The van der Waals surface area contributed by atoms with Crippen molar-refractivity contribution in [3.8, 4) is 11.5 Å². The summed E-state index contributed by atoms with van der Waals surface area (Å²) >= 11 is 0. The third-order valence-corrected chi connectivity index (χ3v) is 3.17. The molecule has 5 nitrogen and oxygen atoms in total. The first-order valence-electron chi connectivity index (χ1n) is 6.57. The molecule has 1 amide bonds. The van der Waals surface area contributed by atoms with E-state index in [0.717, 1.165) is 11.1 Å². The Labute approximate surface area is 123 Å². The minimum atomic E-state index is -0.223. The maximum absolute atomic E-state index is 12.1. The molecule has 2 aromatic rings. The van der Waals surface area contributed by atoms with E-state index in [2.05, 4.69) is 5.32 Å². The molecule has 21 heavy (non-hydrogen) atoms. The molecule has 0 heterocycles. The third kappa shape index (κ3) is 3.73. The van der Waals surface area contributed by atoms with Crippen molar-refractivity contribution >= 4 is 11.6 Å². The van der Waals surface area contributed by atoms with Gasteiger partial charge in [0.1, 0.15) is 11.5 Å². The van der Waals surface area contributed by atoms with Crippen LogP contribution in [0.2, 0.25) is 0 Å². The number of hydrogen-bond acceptors (Lipinski definition) is 4. The van der Waals surface area contributed by atoms with Gasteiger partial charge >= 0.3 is 0 Å². The summed E-state index contributed by atoms with van der Waals surface area (Å²) in [7, 11) is 1.52. The lowest BCUT2D eigenvalue weighted by atomic mass is 10.0. The molecule has 0 bridgehead atoms. The van der Waals surface area contributed by atoms with Gasteiger partial charge in [0.2, 0.25) is 5.91 Å². The third-order valence-electron chi connectivity index (χ3n) is 3.17. The highest BCUT2D eigenvalue weighted by Crippen LogP contribution is 2.27. The number of aromatic hydroxyl groups is 1. The molecule has 0 saturated carbocycles. The van der Waals surface area contributed by atoms with Crippen LogP contribution in [0.5, 0.6) is 11.5 Å². The van der Waals surface area contributed by atoms with Gasteiger partial charge in [0.05, 0.1) is 19.2 Å². The number of rotatable bonds is 5. The van der Waals surface area contributed by atoms with Crippen molar-refractivity contribution in [1.82, 2.24) is 0 Å². The van der Waals surface area contributed by atoms with Crippen LogP contribution in [0, 0.1) is 0 Å². The van der Waals surface area contributed by atoms with Gasteiger partial charge in [-0.3, -0.25) is 4.79 Å². The minimum absolute atomic E-state index is 0.00346. The van der Waals surface area contributed by atoms with E-state index in [1.54, 1.807) is 12.1 Å². The molecule has 2 aromatic carbocycles. The van der Waals surface area contributed by atoms with E-state index in [0.29, 0.717) is 18.0 Å². The number of phenols is 1. The fraction of sp³-hybridized carbons (Fsp3) is 0.188. The molecular formula is C16H18N2O3. The predicted molar refractivity (Wildman–Crippen MR) is 81.3 cm³/mol. The molecule has 0 aliphatic heterocycles. The van der Waals surface area contributed by atoms with Crippen LogP contribution in [0.4, 0.5) is 5.69 Å². The second-order valence-corrected chi connectivity index (χ2v) is 4.58. The number of carbonyl (C=O) groups is 1. The lowest BCUT2D eigenvalue weighted by Gasteiger charge is -2.10. The van der Waals surface area contributed by atoms with E-state index >= 15 is 0 Å². The Morgan fingerprint density at radius 2 is 1.95 bits per heavy atom. The number of ether oxygens (including phenoxy) is 1. The van der Waals surface area contributed by atoms with Crippen LogP contribution in [0.25, 0.3) is 0 Å². The van der Waals surface area contributed by atoms with Crippen molar-refractivity contribution in [3.63, 3.8) is 0 Å². The predicted octanol–water partition coefficient (Wildman–Crippen LogP) is 2.04. The normalized spacial score (nSPS) is 10.2. The molecule has 0 radical (unpaired) electrons. The Bertz CT molecular complexity index is 641. The molecule has 0 aliphatic rings. The number of carbonyl (C=O) groups excluding carboxylic acids is 1. The summed E-state index contributed by atoms with van der Waals surface area (Å²) in [5.41, 5.74) is 7.78. The zero-order chi connectivity index (χ0) is 15.2. The molecule has 0 atom stereocenters. The van der Waals surface area contributed by atoms with E-state index in [9.17, 15) is 9.90 Å². The van der Waals surface area contributed by atoms with E-state index in [-0.39, 0.29) is 18.1 Å². The van der Waals surface area contributed by atoms with Crippen molar-refractivity contribution in [3.05, 3.63) is 53.6 Å². The first-order valence-corrected chi connectivity index (χ1v) is 6.57. The average molecular weight is 286 g/mol. The van der Waals surface area contributed by atoms with Gasteiger partial charge in [-0.2, -0.15) is 0 Å². The van der Waals surface area contributed by atoms with Crippen LogP contribution in [0.1, 0.15) is 11.1 Å². The highest BCUT2D eigenvalue weighted by Gasteiger charge is 2.10. The van der Waals surface area contributed by atoms with Gasteiger partial charge in [-0.25, -0.2) is 0 Å². The summed E-state index contributed by atoms with van der Waals surface area (Å²) in [6, 6.07) is 12.2. The van der Waals surface area contributed by atoms with Crippen LogP contribution in [-0.4, -0.2) is 18.1 Å². The summed E-state index contributed by atoms with van der Waals surface area (Å²) in [5.74, 6) is 0.334. The Kier molecular flexibility index (Phi) is 4.79. The smallest absolute Gasteiger partial charge is 0.228 e. The van der Waals surface area contributed by atoms with Crippen molar-refractivity contribution in [2.75, 3.05) is 12.4 Å². The van der Waals surface area contributed by atoms with Gasteiger partial charge < -0.3 is 20.9 Å². The first kappa shape index (κ1) is 14.9. The SMILES string of the molecule is COc1ccc(O)c(NC(=O)Cc2ccccc2CN)c1. The number of amides is 1. The van der Waals surface area contributed by atoms with Gasteiger partial charge in [-0.05, 0) is 23.3 Å². The lowest BCUT2D eigenvalue weighted by Crippen LogP contribution is -2.16. The highest BCUT2D eigenvalue weighted by molar-refractivity contribution is 5.94. The maximum Gasteiger partial charge on any atom is 0.228 e. The van der Waals surface area contributed by atoms with E-state index in [4.69, 9.17) is 10.5 Å². The summed E-state index contributed by atoms with van der Waals surface area (Å²) in [5, 5.41) is 12.4. The average Bonchev–Trinajstić information content (AvgIpc) is 2.50. The molecule has 2 rings (SSSR count). The van der Waals surface area contributed by atoms with Crippen molar-refractivity contribution in [1.29, 1.82) is 0 Å². The molecule has 0 saturated heterocycles. The van der Waals surface area contributed by atoms with Crippen LogP contribution < -0.4 is 15.8 Å². The van der Waals surface area contributed by atoms with Crippen molar-refractivity contribution < 1.29 is 14.6 Å². The number of anilines is 1. The molecule has 110 valence electrons. The Balaban J connectivity index is 2.11. The van der Waals surface area contributed by atoms with Crippen LogP contribution in [-0.2, 0) is 17.8 Å². The number of methoxy groups -OCH3 is 1. The van der Waals surface area contributed by atoms with Gasteiger partial charge in [-0.15, -0.1) is 0 Å². The summed E-state index contributed by atoms with van der Waals surface area (Å²) < 4.78 is 5.07. The number of benzene rings is 2. The van der Waals surface area contributed by atoms with Gasteiger partial charge in [0.15, 0.2) is 0 Å². The maximum atomic E-state index is 12.1. The van der Waals surface area contributed by atoms with E-state index in [1.165, 1.54) is 13.2 Å². The Morgan fingerprint density at radius 3 is 2.62 bits per heavy atom. The monoisotopic (exact) mass is 286 g/mol. The molecule has 4 N–H and O–H groups in total. The quantitative estimate of drug-likeness (QED) is 0.734. The zero-order valence-corrected chi connectivity index (χ0v) is 11.8. The van der Waals surface area contributed by atoms with Crippen LogP contribution in [0.3, 0.4) is 0 Å². The van der Waals surface area contributed by atoms with Gasteiger partial charge in [0.25, 0.3) is 0 Å². The molecular weight excluding hydrogens is 268 g/mol. The second kappa shape index (κ2) is 6.76. The van der Waals surface area contributed by atoms with Gasteiger partial charge in [-0.1, -0.05) is 24.3 Å².